The Hall–Kier alpha value is -0.610. The lowest BCUT2D eigenvalue weighted by molar-refractivity contribution is -0.151. The molecule has 0 aromatic heterocycles. The summed E-state index contributed by atoms with van der Waals surface area (Å²) in [5, 5.41) is 3.19. The Kier molecular flexibility index (Phi) is 5.44. The van der Waals surface area contributed by atoms with Gasteiger partial charge < -0.3 is 10.1 Å². The predicted octanol–water partition coefficient (Wildman–Crippen LogP) is 2.18. The van der Waals surface area contributed by atoms with Crippen molar-refractivity contribution in [2.45, 2.75) is 64.0 Å². The molecule has 3 atom stereocenters. The number of likely N-dealkylation sites (tertiary alicyclic amines) is 1. The summed E-state index contributed by atoms with van der Waals surface area (Å²) >= 11 is 0. The molecule has 116 valence electrons. The number of ether oxygens (including phenoxy) is 1. The van der Waals surface area contributed by atoms with E-state index in [0.717, 1.165) is 19.0 Å². The van der Waals surface area contributed by atoms with Gasteiger partial charge in [0.15, 0.2) is 0 Å². The molecule has 0 bridgehead atoms. The number of hydrogen-bond acceptors (Lipinski definition) is 4. The Balaban J connectivity index is 2.03. The van der Waals surface area contributed by atoms with Gasteiger partial charge in [0.1, 0.15) is 5.54 Å². The maximum Gasteiger partial charge on any atom is 0.327 e. The molecule has 0 amide bonds. The monoisotopic (exact) mass is 282 g/mol. The second-order valence-corrected chi connectivity index (χ2v) is 6.53. The molecule has 4 nitrogen and oxygen atoms in total. The molecule has 1 N–H and O–H groups in total. The normalized spacial score (nSPS) is 30.4. The molecule has 1 aliphatic heterocycles. The van der Waals surface area contributed by atoms with E-state index >= 15 is 0 Å². The molecule has 0 aromatic rings. The molecule has 1 heterocycles. The van der Waals surface area contributed by atoms with Crippen molar-refractivity contribution < 1.29 is 9.53 Å². The van der Waals surface area contributed by atoms with Crippen LogP contribution >= 0.6 is 0 Å². The Labute approximate surface area is 123 Å². The van der Waals surface area contributed by atoms with Gasteiger partial charge in [-0.25, -0.2) is 0 Å². The minimum atomic E-state index is -0.588. The van der Waals surface area contributed by atoms with E-state index in [1.165, 1.54) is 38.5 Å². The van der Waals surface area contributed by atoms with Crippen LogP contribution in [0.3, 0.4) is 0 Å². The first kappa shape index (κ1) is 15.8. The van der Waals surface area contributed by atoms with Crippen LogP contribution in [0.15, 0.2) is 0 Å². The zero-order valence-electron chi connectivity index (χ0n) is 13.3. The maximum absolute atomic E-state index is 12.2. The molecule has 1 aliphatic carbocycles. The number of carbonyl (C=O) groups excluding carboxylic acids is 1. The minimum absolute atomic E-state index is 0.125. The van der Waals surface area contributed by atoms with Crippen LogP contribution in [-0.2, 0) is 9.53 Å². The van der Waals surface area contributed by atoms with Crippen LogP contribution in [0.5, 0.6) is 0 Å². The maximum atomic E-state index is 12.2. The zero-order valence-corrected chi connectivity index (χ0v) is 13.3. The van der Waals surface area contributed by atoms with Crippen molar-refractivity contribution in [3.05, 3.63) is 0 Å². The van der Waals surface area contributed by atoms with Gasteiger partial charge in [-0.15, -0.1) is 0 Å². The van der Waals surface area contributed by atoms with Crippen LogP contribution in [0, 0.1) is 5.92 Å². The van der Waals surface area contributed by atoms with Crippen molar-refractivity contribution in [3.8, 4) is 0 Å². The molecule has 1 saturated heterocycles. The summed E-state index contributed by atoms with van der Waals surface area (Å²) in [6.45, 7) is 6.17. The molecule has 1 saturated carbocycles. The number of rotatable bonds is 5. The van der Waals surface area contributed by atoms with Crippen molar-refractivity contribution in [2.75, 3.05) is 26.7 Å². The number of piperidine rings is 1. The summed E-state index contributed by atoms with van der Waals surface area (Å²) in [5.74, 6) is 0.723. The topological polar surface area (TPSA) is 41.6 Å². The van der Waals surface area contributed by atoms with Crippen LogP contribution < -0.4 is 5.32 Å². The van der Waals surface area contributed by atoms with Crippen molar-refractivity contribution in [3.63, 3.8) is 0 Å². The van der Waals surface area contributed by atoms with Gasteiger partial charge in [-0.2, -0.15) is 0 Å². The van der Waals surface area contributed by atoms with Crippen molar-refractivity contribution in [1.29, 1.82) is 0 Å². The number of nitrogens with one attached hydrogen (secondary N) is 1. The van der Waals surface area contributed by atoms with Gasteiger partial charge in [0.25, 0.3) is 0 Å². The van der Waals surface area contributed by atoms with E-state index in [0.29, 0.717) is 12.6 Å². The van der Waals surface area contributed by atoms with E-state index in [1.807, 2.05) is 20.9 Å². The van der Waals surface area contributed by atoms with Crippen LogP contribution in [0.2, 0.25) is 0 Å². The molecule has 4 heteroatoms. The fourth-order valence-corrected chi connectivity index (χ4v) is 3.87. The average Bonchev–Trinajstić information content (AvgIpc) is 2.48. The molecule has 2 aliphatic rings. The van der Waals surface area contributed by atoms with Crippen molar-refractivity contribution >= 4 is 5.97 Å². The summed E-state index contributed by atoms with van der Waals surface area (Å²) in [5.41, 5.74) is -0.588. The third-order valence-corrected chi connectivity index (χ3v) is 5.16. The van der Waals surface area contributed by atoms with E-state index in [1.54, 1.807) is 0 Å². The molecular formula is C16H30N2O2. The van der Waals surface area contributed by atoms with Crippen LogP contribution in [0.1, 0.15) is 52.4 Å². The summed E-state index contributed by atoms with van der Waals surface area (Å²) in [6.07, 6.45) is 8.04. The SMILES string of the molecule is CCOC(=O)C(C)(CN1CCCC2CCCCC21)NC. The number of esters is 1. The quantitative estimate of drug-likeness (QED) is 0.785. The fourth-order valence-electron chi connectivity index (χ4n) is 3.87. The molecule has 2 fully saturated rings. The second-order valence-electron chi connectivity index (χ2n) is 6.53. The van der Waals surface area contributed by atoms with E-state index in [-0.39, 0.29) is 5.97 Å². The largest absolute Gasteiger partial charge is 0.465 e. The Morgan fingerprint density at radius 3 is 2.70 bits per heavy atom. The number of hydrogen-bond donors (Lipinski definition) is 1. The highest BCUT2D eigenvalue weighted by Gasteiger charge is 2.40. The number of fused-ring (bicyclic) bond motifs is 1. The third-order valence-electron chi connectivity index (χ3n) is 5.16. The van der Waals surface area contributed by atoms with Crippen LogP contribution in [0.4, 0.5) is 0 Å². The standard InChI is InChI=1S/C16H30N2O2/c1-4-20-15(19)16(2,17-3)12-18-11-7-9-13-8-5-6-10-14(13)18/h13-14,17H,4-12H2,1-3H3. The first-order chi connectivity index (χ1) is 9.60. The molecule has 0 spiro atoms. The van der Waals surface area contributed by atoms with Gasteiger partial charge in [-0.05, 0) is 59.0 Å². The van der Waals surface area contributed by atoms with Gasteiger partial charge in [0, 0.05) is 12.6 Å². The lowest BCUT2D eigenvalue weighted by atomic mass is 9.78. The van der Waals surface area contributed by atoms with Gasteiger partial charge in [0.05, 0.1) is 6.61 Å². The minimum Gasteiger partial charge on any atom is -0.465 e. The van der Waals surface area contributed by atoms with Crippen molar-refractivity contribution in [1.82, 2.24) is 10.2 Å². The molecule has 20 heavy (non-hydrogen) atoms. The highest BCUT2D eigenvalue weighted by molar-refractivity contribution is 5.80. The summed E-state index contributed by atoms with van der Waals surface area (Å²) in [7, 11) is 1.86. The fraction of sp³-hybridized carbons (Fsp3) is 0.938. The number of likely N-dealkylation sites (N-methyl/N-ethyl adjacent to an activating group) is 1. The highest BCUT2D eigenvalue weighted by atomic mass is 16.5. The molecule has 0 radical (unpaired) electrons. The van der Waals surface area contributed by atoms with Gasteiger partial charge in [-0.3, -0.25) is 9.69 Å². The van der Waals surface area contributed by atoms with E-state index in [2.05, 4.69) is 10.2 Å². The van der Waals surface area contributed by atoms with E-state index in [9.17, 15) is 4.79 Å². The Morgan fingerprint density at radius 1 is 1.30 bits per heavy atom. The smallest absolute Gasteiger partial charge is 0.327 e. The Bertz CT molecular complexity index is 332. The average molecular weight is 282 g/mol. The molecule has 3 unspecified atom stereocenters. The van der Waals surface area contributed by atoms with Gasteiger partial charge in [0.2, 0.25) is 0 Å². The van der Waals surface area contributed by atoms with Gasteiger partial charge in [-0.1, -0.05) is 12.8 Å². The molecule has 2 rings (SSSR count). The third kappa shape index (κ3) is 3.34. The predicted molar refractivity (Wildman–Crippen MR) is 80.7 cm³/mol. The summed E-state index contributed by atoms with van der Waals surface area (Å²) < 4.78 is 5.25. The molecule has 0 aromatic carbocycles. The highest BCUT2D eigenvalue weighted by Crippen LogP contribution is 2.35. The lowest BCUT2D eigenvalue weighted by Gasteiger charge is -2.46. The first-order valence-electron chi connectivity index (χ1n) is 8.21. The van der Waals surface area contributed by atoms with E-state index in [4.69, 9.17) is 4.74 Å². The van der Waals surface area contributed by atoms with Crippen LogP contribution in [0.25, 0.3) is 0 Å². The number of carbonyl (C=O) groups is 1. The molecular weight excluding hydrogens is 252 g/mol. The van der Waals surface area contributed by atoms with Crippen molar-refractivity contribution in [2.24, 2.45) is 5.92 Å². The van der Waals surface area contributed by atoms with E-state index < -0.39 is 5.54 Å². The number of nitrogens with zero attached hydrogens (tertiary/aromatic N) is 1. The van der Waals surface area contributed by atoms with Crippen LogP contribution in [-0.4, -0.2) is 49.2 Å². The summed E-state index contributed by atoms with van der Waals surface area (Å²) in [6, 6.07) is 0.680. The second kappa shape index (κ2) is 6.90. The first-order valence-corrected chi connectivity index (χ1v) is 8.21. The summed E-state index contributed by atoms with van der Waals surface area (Å²) in [4.78, 5) is 14.8. The Morgan fingerprint density at radius 2 is 2.00 bits per heavy atom. The van der Waals surface area contributed by atoms with Gasteiger partial charge >= 0.3 is 5.97 Å². The lowest BCUT2D eigenvalue weighted by Crippen LogP contribution is -2.60. The zero-order chi connectivity index (χ0) is 14.6.